The van der Waals surface area contributed by atoms with Crippen molar-refractivity contribution in [3.8, 4) is 0 Å². The molecule has 0 bridgehead atoms. The Bertz CT molecular complexity index is 871. The number of amides is 1. The number of ether oxygens (including phenoxy) is 3. The Morgan fingerprint density at radius 3 is 2.03 bits per heavy atom. The molecule has 1 heterocycles. The summed E-state index contributed by atoms with van der Waals surface area (Å²) in [4.78, 5) is 15.4. The number of hydrogen-bond donors (Lipinski definition) is 1. The van der Waals surface area contributed by atoms with Crippen molar-refractivity contribution in [1.82, 2.24) is 9.80 Å². The molecule has 1 aromatic carbocycles. The Hall–Kier alpha value is -1.76. The summed E-state index contributed by atoms with van der Waals surface area (Å²) in [5.41, 5.74) is 0.845. The van der Waals surface area contributed by atoms with E-state index in [4.69, 9.17) is 18.4 Å². The minimum atomic E-state index is -3.77. The Morgan fingerprint density at radius 2 is 1.49 bits per heavy atom. The average molecular weight is 517 g/mol. The largest absolute Gasteiger partial charge is 0.465 e. The molecule has 0 spiro atoms. The molecule has 1 saturated heterocycles. The first-order chi connectivity index (χ1) is 16.5. The lowest BCUT2D eigenvalue weighted by molar-refractivity contribution is -0.00700. The summed E-state index contributed by atoms with van der Waals surface area (Å²) in [5.74, 6) is 0. The molecule has 2 rings (SSSR count). The molecular formula is C24H40N2O8S. The van der Waals surface area contributed by atoms with Crippen LogP contribution >= 0.6 is 0 Å². The van der Waals surface area contributed by atoms with Crippen LogP contribution in [0, 0.1) is 12.3 Å². The fourth-order valence-corrected chi connectivity index (χ4v) is 4.62. The van der Waals surface area contributed by atoms with Crippen LogP contribution in [0.3, 0.4) is 0 Å². The molecule has 1 fully saturated rings. The maximum Gasteiger partial charge on any atom is 0.407 e. The van der Waals surface area contributed by atoms with E-state index in [9.17, 15) is 18.3 Å². The lowest BCUT2D eigenvalue weighted by Crippen LogP contribution is -2.59. The molecule has 35 heavy (non-hydrogen) atoms. The van der Waals surface area contributed by atoms with Crippen molar-refractivity contribution in [2.24, 2.45) is 5.41 Å². The second-order valence-corrected chi connectivity index (χ2v) is 11.2. The van der Waals surface area contributed by atoms with E-state index in [2.05, 4.69) is 25.7 Å². The van der Waals surface area contributed by atoms with Gasteiger partial charge in [0, 0.05) is 26.2 Å². The Kier molecular flexibility index (Phi) is 11.9. The van der Waals surface area contributed by atoms with Gasteiger partial charge in [0.1, 0.15) is 0 Å². The zero-order chi connectivity index (χ0) is 25.9. The Balaban J connectivity index is 1.47. The maximum atomic E-state index is 12.1. The molecule has 1 unspecified atom stereocenters. The van der Waals surface area contributed by atoms with Crippen LogP contribution in [0.2, 0.25) is 0 Å². The second-order valence-electron chi connectivity index (χ2n) is 9.58. The highest BCUT2D eigenvalue weighted by Crippen LogP contribution is 2.27. The van der Waals surface area contributed by atoms with Gasteiger partial charge in [0.05, 0.1) is 57.2 Å². The minimum absolute atomic E-state index is 0.0507. The smallest absolute Gasteiger partial charge is 0.407 e. The lowest BCUT2D eigenvalue weighted by Gasteiger charge is -2.46. The van der Waals surface area contributed by atoms with E-state index in [1.54, 1.807) is 17.0 Å². The van der Waals surface area contributed by atoms with Gasteiger partial charge < -0.3 is 24.2 Å². The van der Waals surface area contributed by atoms with Gasteiger partial charge in [-0.1, -0.05) is 38.5 Å². The first kappa shape index (κ1) is 29.5. The van der Waals surface area contributed by atoms with Crippen molar-refractivity contribution in [3.05, 3.63) is 29.8 Å². The van der Waals surface area contributed by atoms with E-state index in [0.717, 1.165) is 12.1 Å². The number of nitrogens with zero attached hydrogens (tertiary/aromatic N) is 2. The summed E-state index contributed by atoms with van der Waals surface area (Å²) in [6, 6.07) is 6.43. The van der Waals surface area contributed by atoms with Crippen LogP contribution in [0.25, 0.3) is 0 Å². The van der Waals surface area contributed by atoms with Crippen LogP contribution in [0.1, 0.15) is 26.3 Å². The average Bonchev–Trinajstić information content (AvgIpc) is 2.79. The molecule has 0 aliphatic carbocycles. The van der Waals surface area contributed by atoms with Crippen molar-refractivity contribution >= 4 is 16.2 Å². The van der Waals surface area contributed by atoms with Crippen molar-refractivity contribution in [3.63, 3.8) is 0 Å². The third kappa shape index (κ3) is 10.4. The molecule has 11 heteroatoms. The zero-order valence-electron chi connectivity index (χ0n) is 21.3. The lowest BCUT2D eigenvalue weighted by atomic mass is 9.84. The van der Waals surface area contributed by atoms with Gasteiger partial charge in [0.2, 0.25) is 0 Å². The highest BCUT2D eigenvalue weighted by molar-refractivity contribution is 7.86. The van der Waals surface area contributed by atoms with E-state index in [1.807, 2.05) is 6.92 Å². The van der Waals surface area contributed by atoms with Gasteiger partial charge in [0.25, 0.3) is 10.1 Å². The van der Waals surface area contributed by atoms with Gasteiger partial charge in [-0.3, -0.25) is 9.08 Å². The van der Waals surface area contributed by atoms with Crippen molar-refractivity contribution < 1.29 is 36.7 Å². The third-order valence-electron chi connectivity index (χ3n) is 5.78. The molecule has 0 aromatic heterocycles. The second kappa shape index (κ2) is 14.1. The van der Waals surface area contributed by atoms with Gasteiger partial charge in [-0.15, -0.1) is 0 Å². The standard InChI is InChI=1S/C24H40N2O8S/c1-20-5-7-21(8-6-20)35(29,30)34-18-17-33-16-15-32-14-13-31-12-11-25-9-10-26(23(27)28)22(19-25)24(2,3)4/h5-8,22H,9-19H2,1-4H3,(H,27,28). The van der Waals surface area contributed by atoms with Crippen LogP contribution in [-0.4, -0.2) is 108 Å². The minimum Gasteiger partial charge on any atom is -0.465 e. The van der Waals surface area contributed by atoms with E-state index in [1.165, 1.54) is 12.1 Å². The molecule has 0 radical (unpaired) electrons. The highest BCUT2D eigenvalue weighted by Gasteiger charge is 2.37. The number of aryl methyl sites for hydroxylation is 1. The highest BCUT2D eigenvalue weighted by atomic mass is 32.2. The summed E-state index contributed by atoms with van der Waals surface area (Å²) in [6.45, 7) is 13.0. The predicted octanol–water partition coefficient (Wildman–Crippen LogP) is 2.46. The van der Waals surface area contributed by atoms with E-state index < -0.39 is 16.2 Å². The molecule has 200 valence electrons. The quantitative estimate of drug-likeness (QED) is 0.294. The van der Waals surface area contributed by atoms with Crippen molar-refractivity contribution in [2.75, 3.05) is 72.4 Å². The van der Waals surface area contributed by atoms with E-state index >= 15 is 0 Å². The van der Waals surface area contributed by atoms with Gasteiger partial charge in [-0.05, 0) is 24.5 Å². The van der Waals surface area contributed by atoms with Crippen LogP contribution in [-0.2, 0) is 28.5 Å². The summed E-state index contributed by atoms with van der Waals surface area (Å²) in [7, 11) is -3.77. The van der Waals surface area contributed by atoms with Gasteiger partial charge in [-0.2, -0.15) is 8.42 Å². The van der Waals surface area contributed by atoms with Crippen LogP contribution in [0.5, 0.6) is 0 Å². The summed E-state index contributed by atoms with van der Waals surface area (Å²) < 4.78 is 45.5. The molecule has 1 aromatic rings. The van der Waals surface area contributed by atoms with Gasteiger partial charge in [0.15, 0.2) is 0 Å². The monoisotopic (exact) mass is 516 g/mol. The number of carboxylic acid groups (broad SMARTS) is 1. The molecule has 1 aliphatic rings. The summed E-state index contributed by atoms with van der Waals surface area (Å²) in [6.07, 6.45) is -0.859. The molecule has 0 saturated carbocycles. The first-order valence-corrected chi connectivity index (χ1v) is 13.3. The van der Waals surface area contributed by atoms with Gasteiger partial charge in [-0.25, -0.2) is 4.79 Å². The molecule has 1 atom stereocenters. The normalized spacial score (nSPS) is 17.6. The number of piperazine rings is 1. The van der Waals surface area contributed by atoms with E-state index in [0.29, 0.717) is 52.7 Å². The first-order valence-electron chi connectivity index (χ1n) is 11.9. The number of rotatable bonds is 14. The van der Waals surface area contributed by atoms with E-state index in [-0.39, 0.29) is 29.6 Å². The SMILES string of the molecule is Cc1ccc(S(=O)(=O)OCCOCCOCCOCCN2CCN(C(=O)O)C(C(C)(C)C)C2)cc1. The van der Waals surface area contributed by atoms with Crippen molar-refractivity contribution in [2.45, 2.75) is 38.6 Å². The Morgan fingerprint density at radius 1 is 0.943 bits per heavy atom. The maximum absolute atomic E-state index is 12.1. The topological polar surface area (TPSA) is 115 Å². The molecular weight excluding hydrogens is 476 g/mol. The molecule has 10 nitrogen and oxygen atoms in total. The van der Waals surface area contributed by atoms with Crippen LogP contribution < -0.4 is 0 Å². The van der Waals surface area contributed by atoms with Crippen LogP contribution in [0.15, 0.2) is 29.2 Å². The molecule has 1 amide bonds. The van der Waals surface area contributed by atoms with Gasteiger partial charge >= 0.3 is 6.09 Å². The summed E-state index contributed by atoms with van der Waals surface area (Å²) in [5, 5.41) is 9.45. The third-order valence-corrected chi connectivity index (χ3v) is 7.11. The number of carbonyl (C=O) groups is 1. The molecule has 1 aliphatic heterocycles. The Labute approximate surface area is 209 Å². The molecule has 1 N–H and O–H groups in total. The number of hydrogen-bond acceptors (Lipinski definition) is 8. The predicted molar refractivity (Wildman–Crippen MR) is 131 cm³/mol. The van der Waals surface area contributed by atoms with Crippen molar-refractivity contribution in [1.29, 1.82) is 0 Å². The fraction of sp³-hybridized carbons (Fsp3) is 0.708. The summed E-state index contributed by atoms with van der Waals surface area (Å²) >= 11 is 0. The zero-order valence-corrected chi connectivity index (χ0v) is 22.1. The van der Waals surface area contributed by atoms with Crippen LogP contribution in [0.4, 0.5) is 4.79 Å². The fourth-order valence-electron chi connectivity index (χ4n) is 3.72. The number of benzene rings is 1.